The zero-order chi connectivity index (χ0) is 13.4. The molecule has 20 heavy (non-hydrogen) atoms. The van der Waals surface area contributed by atoms with Gasteiger partial charge in [-0.15, -0.1) is 0 Å². The summed E-state index contributed by atoms with van der Waals surface area (Å²) in [4.78, 5) is 6.96. The first-order valence-electron chi connectivity index (χ1n) is 7.05. The molecule has 4 nitrogen and oxygen atoms in total. The Morgan fingerprint density at radius 3 is 2.65 bits per heavy atom. The predicted octanol–water partition coefficient (Wildman–Crippen LogP) is 3.00. The molecule has 1 fully saturated rings. The third-order valence-corrected chi connectivity index (χ3v) is 3.91. The highest BCUT2D eigenvalue weighted by Crippen LogP contribution is 2.23. The largest absolute Gasteiger partial charge is 0.357 e. The van der Waals surface area contributed by atoms with Gasteiger partial charge >= 0.3 is 0 Å². The van der Waals surface area contributed by atoms with E-state index in [-0.39, 0.29) is 0 Å². The van der Waals surface area contributed by atoms with Gasteiger partial charge in [-0.2, -0.15) is 5.10 Å². The van der Waals surface area contributed by atoms with E-state index < -0.39 is 0 Å². The number of pyridine rings is 2. The molecule has 0 unspecified atom stereocenters. The highest BCUT2D eigenvalue weighted by atomic mass is 15.2. The van der Waals surface area contributed by atoms with Crippen molar-refractivity contribution in [1.29, 1.82) is 0 Å². The lowest BCUT2D eigenvalue weighted by atomic mass is 10.1. The Labute approximate surface area is 117 Å². The van der Waals surface area contributed by atoms with Crippen LogP contribution in [0.3, 0.4) is 0 Å². The van der Waals surface area contributed by atoms with Crippen LogP contribution in [0.5, 0.6) is 0 Å². The number of nitrogens with zero attached hydrogens (tertiary/aromatic N) is 4. The molecule has 4 heteroatoms. The van der Waals surface area contributed by atoms with Crippen LogP contribution in [0.25, 0.3) is 16.6 Å². The van der Waals surface area contributed by atoms with Crippen LogP contribution in [0.1, 0.15) is 12.8 Å². The summed E-state index contributed by atoms with van der Waals surface area (Å²) in [5, 5.41) is 4.21. The van der Waals surface area contributed by atoms with Gasteiger partial charge in [0, 0.05) is 37.2 Å². The minimum absolute atomic E-state index is 1.09. The molecule has 3 aromatic heterocycles. The highest BCUT2D eigenvalue weighted by Gasteiger charge is 2.13. The molecule has 1 saturated heterocycles. The van der Waals surface area contributed by atoms with E-state index in [2.05, 4.69) is 39.2 Å². The molecule has 0 spiro atoms. The first-order valence-corrected chi connectivity index (χ1v) is 7.05. The standard InChI is InChI=1S/C16H16N4/c1-2-9-19(8-1)16-4-3-14(12-17-16)13-6-10-20-15(11-13)5-7-18-20/h3-7,10-12H,1-2,8-9H2. The van der Waals surface area contributed by atoms with Crippen LogP contribution in [-0.4, -0.2) is 27.7 Å². The molecule has 4 rings (SSSR count). The second kappa shape index (κ2) is 4.63. The monoisotopic (exact) mass is 264 g/mol. The van der Waals surface area contributed by atoms with E-state index in [1.807, 2.05) is 29.2 Å². The Morgan fingerprint density at radius 1 is 0.950 bits per heavy atom. The number of aromatic nitrogens is 3. The smallest absolute Gasteiger partial charge is 0.128 e. The van der Waals surface area contributed by atoms with Crippen molar-refractivity contribution in [3.05, 3.63) is 48.9 Å². The predicted molar refractivity (Wildman–Crippen MR) is 79.9 cm³/mol. The van der Waals surface area contributed by atoms with Gasteiger partial charge in [-0.3, -0.25) is 0 Å². The lowest BCUT2D eigenvalue weighted by Gasteiger charge is -2.16. The Bertz CT molecular complexity index is 724. The van der Waals surface area contributed by atoms with Gasteiger partial charge in [0.1, 0.15) is 5.82 Å². The quantitative estimate of drug-likeness (QED) is 0.713. The topological polar surface area (TPSA) is 33.4 Å². The molecule has 4 heterocycles. The fourth-order valence-corrected chi connectivity index (χ4v) is 2.79. The number of fused-ring (bicyclic) bond motifs is 1. The lowest BCUT2D eigenvalue weighted by Crippen LogP contribution is -2.18. The summed E-state index contributed by atoms with van der Waals surface area (Å²) in [6.45, 7) is 2.27. The molecule has 0 aliphatic carbocycles. The summed E-state index contributed by atoms with van der Waals surface area (Å²) in [5.74, 6) is 1.09. The van der Waals surface area contributed by atoms with E-state index in [1.54, 1.807) is 0 Å². The van der Waals surface area contributed by atoms with Crippen molar-refractivity contribution < 1.29 is 0 Å². The van der Waals surface area contributed by atoms with Gasteiger partial charge in [0.2, 0.25) is 0 Å². The number of hydrogen-bond donors (Lipinski definition) is 0. The maximum absolute atomic E-state index is 4.61. The van der Waals surface area contributed by atoms with Gasteiger partial charge in [-0.05, 0) is 48.7 Å². The summed E-state index contributed by atoms with van der Waals surface area (Å²) in [6.07, 6.45) is 8.32. The first-order chi connectivity index (χ1) is 9.90. The van der Waals surface area contributed by atoms with Crippen LogP contribution >= 0.6 is 0 Å². The van der Waals surface area contributed by atoms with Crippen molar-refractivity contribution in [1.82, 2.24) is 14.6 Å². The zero-order valence-electron chi connectivity index (χ0n) is 11.2. The number of rotatable bonds is 2. The highest BCUT2D eigenvalue weighted by molar-refractivity contribution is 5.68. The Morgan fingerprint density at radius 2 is 1.85 bits per heavy atom. The second-order valence-electron chi connectivity index (χ2n) is 5.22. The van der Waals surface area contributed by atoms with Gasteiger partial charge in [-0.1, -0.05) is 0 Å². The number of hydrogen-bond acceptors (Lipinski definition) is 3. The summed E-state index contributed by atoms with van der Waals surface area (Å²) in [5.41, 5.74) is 3.43. The van der Waals surface area contributed by atoms with Crippen LogP contribution in [0.2, 0.25) is 0 Å². The Kier molecular flexibility index (Phi) is 2.66. The minimum atomic E-state index is 1.09. The molecular formula is C16H16N4. The average Bonchev–Trinajstić information content (AvgIpc) is 3.18. The van der Waals surface area contributed by atoms with Crippen LogP contribution in [0, 0.1) is 0 Å². The molecule has 0 saturated carbocycles. The van der Waals surface area contributed by atoms with Crippen molar-refractivity contribution in [3.8, 4) is 11.1 Å². The van der Waals surface area contributed by atoms with E-state index >= 15 is 0 Å². The van der Waals surface area contributed by atoms with Crippen LogP contribution < -0.4 is 4.90 Å². The van der Waals surface area contributed by atoms with Gasteiger partial charge in [0.15, 0.2) is 0 Å². The molecule has 0 amide bonds. The first kappa shape index (κ1) is 11.5. The van der Waals surface area contributed by atoms with Crippen molar-refractivity contribution in [2.45, 2.75) is 12.8 Å². The second-order valence-corrected chi connectivity index (χ2v) is 5.22. The zero-order valence-corrected chi connectivity index (χ0v) is 11.2. The third kappa shape index (κ3) is 1.93. The fraction of sp³-hybridized carbons (Fsp3) is 0.250. The fourth-order valence-electron chi connectivity index (χ4n) is 2.79. The summed E-state index contributed by atoms with van der Waals surface area (Å²) < 4.78 is 1.87. The SMILES string of the molecule is c1cc2cc(-c3ccc(N4CCCC4)nc3)ccn2n1. The normalized spacial score (nSPS) is 15.1. The molecule has 0 N–H and O–H groups in total. The Balaban J connectivity index is 1.67. The van der Waals surface area contributed by atoms with Crippen molar-refractivity contribution in [2.24, 2.45) is 0 Å². The van der Waals surface area contributed by atoms with E-state index in [0.717, 1.165) is 30.0 Å². The average molecular weight is 264 g/mol. The van der Waals surface area contributed by atoms with Gasteiger partial charge in [-0.25, -0.2) is 9.50 Å². The van der Waals surface area contributed by atoms with E-state index in [9.17, 15) is 0 Å². The van der Waals surface area contributed by atoms with E-state index in [0.29, 0.717) is 0 Å². The Hall–Kier alpha value is -2.36. The van der Waals surface area contributed by atoms with Crippen LogP contribution in [-0.2, 0) is 0 Å². The van der Waals surface area contributed by atoms with Crippen molar-refractivity contribution >= 4 is 11.3 Å². The van der Waals surface area contributed by atoms with E-state index in [4.69, 9.17) is 0 Å². The molecule has 0 aromatic carbocycles. The molecule has 100 valence electrons. The maximum atomic E-state index is 4.61. The van der Waals surface area contributed by atoms with E-state index in [1.165, 1.54) is 18.4 Å². The molecule has 0 atom stereocenters. The molecule has 1 aliphatic heterocycles. The van der Waals surface area contributed by atoms with Crippen LogP contribution in [0.4, 0.5) is 5.82 Å². The van der Waals surface area contributed by atoms with Gasteiger partial charge in [0.25, 0.3) is 0 Å². The minimum Gasteiger partial charge on any atom is -0.357 e. The van der Waals surface area contributed by atoms with Gasteiger partial charge in [0.05, 0.1) is 5.52 Å². The van der Waals surface area contributed by atoms with Crippen LogP contribution in [0.15, 0.2) is 48.9 Å². The summed E-state index contributed by atoms with van der Waals surface area (Å²) in [6, 6.07) is 10.5. The molecule has 0 bridgehead atoms. The third-order valence-electron chi connectivity index (χ3n) is 3.91. The summed E-state index contributed by atoms with van der Waals surface area (Å²) in [7, 11) is 0. The molecule has 0 radical (unpaired) electrons. The van der Waals surface area contributed by atoms with Crippen molar-refractivity contribution in [2.75, 3.05) is 18.0 Å². The molecule has 1 aliphatic rings. The summed E-state index contributed by atoms with van der Waals surface area (Å²) >= 11 is 0. The number of anilines is 1. The van der Waals surface area contributed by atoms with Gasteiger partial charge < -0.3 is 4.90 Å². The molecular weight excluding hydrogens is 248 g/mol. The maximum Gasteiger partial charge on any atom is 0.128 e. The van der Waals surface area contributed by atoms with Crippen molar-refractivity contribution in [3.63, 3.8) is 0 Å². The molecule has 3 aromatic rings. The lowest BCUT2D eigenvalue weighted by molar-refractivity contribution is 0.938.